The molecule has 1 atom stereocenters. The van der Waals surface area contributed by atoms with E-state index < -0.39 is 31.3 Å². The molecule has 0 aliphatic carbocycles. The van der Waals surface area contributed by atoms with Gasteiger partial charge in [0.25, 0.3) is 0 Å². The average molecular weight is 840 g/mol. The van der Waals surface area contributed by atoms with Crippen molar-refractivity contribution in [2.45, 2.75) is 143 Å². The van der Waals surface area contributed by atoms with Gasteiger partial charge >= 0.3 is 0 Å². The van der Waals surface area contributed by atoms with Crippen LogP contribution in [0.2, 0.25) is 0 Å². The summed E-state index contributed by atoms with van der Waals surface area (Å²) in [6, 6.07) is 10.5. The highest BCUT2D eigenvalue weighted by Gasteiger charge is 2.34. The number of anilines is 1. The summed E-state index contributed by atoms with van der Waals surface area (Å²) in [6.45, 7) is 14.3. The van der Waals surface area contributed by atoms with Gasteiger partial charge in [0.15, 0.2) is 0 Å². The van der Waals surface area contributed by atoms with Gasteiger partial charge in [0.05, 0.1) is 17.8 Å². The maximum absolute atomic E-state index is 15.8. The van der Waals surface area contributed by atoms with Crippen molar-refractivity contribution in [1.82, 2.24) is 19.7 Å². The van der Waals surface area contributed by atoms with Gasteiger partial charge in [-0.05, 0) is 82.1 Å². The lowest BCUT2D eigenvalue weighted by Gasteiger charge is -2.46. The molecule has 6 rings (SSSR count). The second kappa shape index (κ2) is 22.3. The molecule has 4 heterocycles. The summed E-state index contributed by atoms with van der Waals surface area (Å²) in [5.74, 6) is -0.507. The Morgan fingerprint density at radius 2 is 1.31 bits per heavy atom. The first-order valence-electron chi connectivity index (χ1n) is 22.6. The molecule has 12 heteroatoms. The number of hydrogen-bond donors (Lipinski definition) is 0. The number of halogens is 1. The Labute approximate surface area is 351 Å². The maximum Gasteiger partial charge on any atom is 0.213 e. The fourth-order valence-corrected chi connectivity index (χ4v) is 11.4. The third-order valence-electron chi connectivity index (χ3n) is 13.0. The fraction of sp³-hybridized carbons (Fsp3) is 0.674. The standard InChI is InChI=1S/C46H70FN5O4S2/c1-4-6-7-8-9-10-11-12-13-14-15-16-33-56-39-17-20-44(42(47)34-39)58(54,55)45-36-48-43-19-18-40(57(3)53)35-41(43)46(45)52-27-23-37(24-28-52)50-25-21-38(22-26-50)51-31-29-49(5-2)30-32-51/h17-20,34-38H,4-16,21-33H2,1-3H3. The third-order valence-corrected chi connectivity index (χ3v) is 15.7. The van der Waals surface area contributed by atoms with E-state index in [9.17, 15) is 12.6 Å². The molecule has 1 unspecified atom stereocenters. The minimum absolute atomic E-state index is 0.0227. The van der Waals surface area contributed by atoms with Gasteiger partial charge in [-0.1, -0.05) is 84.5 Å². The molecule has 1 aromatic heterocycles. The molecule has 0 radical (unpaired) electrons. The van der Waals surface area contributed by atoms with Gasteiger partial charge in [-0.2, -0.15) is 0 Å². The number of nitrogens with zero attached hydrogens (tertiary/aromatic N) is 5. The molecule has 3 saturated heterocycles. The molecule has 0 bridgehead atoms. The van der Waals surface area contributed by atoms with E-state index in [1.165, 1.54) is 89.0 Å². The number of pyridine rings is 1. The Hall–Kier alpha value is -2.64. The van der Waals surface area contributed by atoms with Crippen LogP contribution in [0.3, 0.4) is 0 Å². The van der Waals surface area contributed by atoms with E-state index in [1.54, 1.807) is 30.5 Å². The van der Waals surface area contributed by atoms with Crippen LogP contribution < -0.4 is 9.64 Å². The quantitative estimate of drug-likeness (QED) is 0.0976. The average Bonchev–Trinajstić information content (AvgIpc) is 3.24. The zero-order chi connectivity index (χ0) is 40.9. The summed E-state index contributed by atoms with van der Waals surface area (Å²) in [4.78, 5) is 14.8. The predicted molar refractivity (Wildman–Crippen MR) is 236 cm³/mol. The number of fused-ring (bicyclic) bond motifs is 1. The number of sulfone groups is 1. The monoisotopic (exact) mass is 839 g/mol. The first-order chi connectivity index (χ1) is 28.2. The van der Waals surface area contributed by atoms with E-state index >= 15 is 4.39 Å². The molecule has 0 spiro atoms. The smallest absolute Gasteiger partial charge is 0.213 e. The van der Waals surface area contributed by atoms with Gasteiger partial charge in [-0.25, -0.2) is 12.8 Å². The Morgan fingerprint density at radius 3 is 1.90 bits per heavy atom. The number of aromatic nitrogens is 1. The van der Waals surface area contributed by atoms with Crippen molar-refractivity contribution in [1.29, 1.82) is 0 Å². The van der Waals surface area contributed by atoms with Crippen molar-refractivity contribution in [3.05, 3.63) is 48.4 Å². The second-order valence-electron chi connectivity index (χ2n) is 16.9. The number of rotatable bonds is 21. The molecule has 322 valence electrons. The molecule has 0 saturated carbocycles. The summed E-state index contributed by atoms with van der Waals surface area (Å²) >= 11 is 0. The molecule has 3 aliphatic heterocycles. The van der Waals surface area contributed by atoms with Crippen LogP contribution in [0.4, 0.5) is 10.1 Å². The molecule has 3 fully saturated rings. The zero-order valence-corrected chi connectivity index (χ0v) is 37.3. The normalized spacial score (nSPS) is 18.9. The topological polar surface area (TPSA) is 86.3 Å². The van der Waals surface area contributed by atoms with Gasteiger partial charge in [0.1, 0.15) is 21.4 Å². The fourth-order valence-electron chi connectivity index (χ4n) is 9.40. The molecule has 9 nitrogen and oxygen atoms in total. The van der Waals surface area contributed by atoms with Crippen LogP contribution in [0.5, 0.6) is 5.75 Å². The van der Waals surface area contributed by atoms with Crippen molar-refractivity contribution < 1.29 is 21.8 Å². The Kier molecular flexibility index (Phi) is 17.2. The Balaban J connectivity index is 1.07. The molecule has 2 aromatic carbocycles. The first-order valence-corrected chi connectivity index (χ1v) is 25.6. The summed E-state index contributed by atoms with van der Waals surface area (Å²) in [5.41, 5.74) is 1.14. The minimum Gasteiger partial charge on any atom is -0.493 e. The SMILES string of the molecule is CCCCCCCCCCCCCCOc1ccc(S(=O)(=O)c2cnc3ccc(S(C)=O)cc3c2N2CCC(N3CCC(N4CCN(CC)CC4)CC3)CC2)c(F)c1. The molecule has 3 aliphatic rings. The number of hydrogen-bond acceptors (Lipinski definition) is 9. The number of likely N-dealkylation sites (N-methyl/N-ethyl adjacent to an activating group) is 1. The zero-order valence-electron chi connectivity index (χ0n) is 35.6. The van der Waals surface area contributed by atoms with Crippen molar-refractivity contribution >= 4 is 37.2 Å². The molecular formula is C46H70FN5O4S2. The number of ether oxygens (including phenoxy) is 1. The maximum atomic E-state index is 15.8. The molecule has 58 heavy (non-hydrogen) atoms. The van der Waals surface area contributed by atoms with Crippen molar-refractivity contribution in [3.63, 3.8) is 0 Å². The van der Waals surface area contributed by atoms with Crippen LogP contribution in [-0.2, 0) is 20.6 Å². The molecule has 0 amide bonds. The van der Waals surface area contributed by atoms with Crippen LogP contribution >= 0.6 is 0 Å². The van der Waals surface area contributed by atoms with Gasteiger partial charge < -0.3 is 19.4 Å². The summed E-state index contributed by atoms with van der Waals surface area (Å²) in [5, 5.41) is 0.624. The number of piperidine rings is 2. The van der Waals surface area contributed by atoms with E-state index in [1.807, 2.05) is 0 Å². The highest BCUT2D eigenvalue weighted by atomic mass is 32.2. The predicted octanol–water partition coefficient (Wildman–Crippen LogP) is 9.09. The van der Waals surface area contributed by atoms with E-state index in [4.69, 9.17) is 4.74 Å². The number of piperazine rings is 1. The van der Waals surface area contributed by atoms with Crippen LogP contribution in [-0.4, -0.2) is 116 Å². The summed E-state index contributed by atoms with van der Waals surface area (Å²) in [6.07, 6.45) is 22.2. The van der Waals surface area contributed by atoms with Crippen LogP contribution in [0, 0.1) is 5.82 Å². The Morgan fingerprint density at radius 1 is 0.724 bits per heavy atom. The lowest BCUT2D eigenvalue weighted by molar-refractivity contribution is 0.0449. The van der Waals surface area contributed by atoms with E-state index in [0.29, 0.717) is 59.0 Å². The first kappa shape index (κ1) is 44.9. The van der Waals surface area contributed by atoms with Crippen LogP contribution in [0.1, 0.15) is 117 Å². The lowest BCUT2D eigenvalue weighted by atomic mass is 9.96. The Bertz CT molecular complexity index is 1870. The van der Waals surface area contributed by atoms with Crippen LogP contribution in [0.15, 0.2) is 57.3 Å². The van der Waals surface area contributed by atoms with E-state index in [-0.39, 0.29) is 4.90 Å². The second-order valence-corrected chi connectivity index (χ2v) is 20.2. The largest absolute Gasteiger partial charge is 0.493 e. The summed E-state index contributed by atoms with van der Waals surface area (Å²) in [7, 11) is -5.60. The van der Waals surface area contributed by atoms with Gasteiger partial charge in [0.2, 0.25) is 9.84 Å². The van der Waals surface area contributed by atoms with Crippen molar-refractivity contribution in [2.75, 3.05) is 76.7 Å². The summed E-state index contributed by atoms with van der Waals surface area (Å²) < 4.78 is 63.3. The number of unbranched alkanes of at least 4 members (excludes halogenated alkanes) is 11. The van der Waals surface area contributed by atoms with E-state index in [2.05, 4.69) is 38.4 Å². The number of benzene rings is 2. The third kappa shape index (κ3) is 11.8. The van der Waals surface area contributed by atoms with Gasteiger partial charge in [-0.3, -0.25) is 14.1 Å². The van der Waals surface area contributed by atoms with Gasteiger partial charge in [0, 0.05) is 91.0 Å². The highest BCUT2D eigenvalue weighted by molar-refractivity contribution is 7.91. The van der Waals surface area contributed by atoms with Gasteiger partial charge in [-0.15, -0.1) is 0 Å². The lowest BCUT2D eigenvalue weighted by Crippen LogP contribution is -2.55. The number of likely N-dealkylation sites (tertiary alicyclic amines) is 1. The highest BCUT2D eigenvalue weighted by Crippen LogP contribution is 2.39. The minimum atomic E-state index is -4.32. The van der Waals surface area contributed by atoms with E-state index in [0.717, 1.165) is 77.9 Å². The van der Waals surface area contributed by atoms with Crippen molar-refractivity contribution in [3.8, 4) is 5.75 Å². The molecule has 0 N–H and O–H groups in total. The van der Waals surface area contributed by atoms with Crippen LogP contribution in [0.25, 0.3) is 10.9 Å². The molecular weight excluding hydrogens is 770 g/mol. The van der Waals surface area contributed by atoms with Crippen molar-refractivity contribution in [2.24, 2.45) is 0 Å². The molecule has 3 aromatic rings.